The summed E-state index contributed by atoms with van der Waals surface area (Å²) >= 11 is 0. The quantitative estimate of drug-likeness (QED) is 0.635. The van der Waals surface area contributed by atoms with Crippen LogP contribution in [0.5, 0.6) is 0 Å². The Bertz CT molecular complexity index is 487. The maximum Gasteiger partial charge on any atom is 0.170 e. The number of likely N-dealkylation sites (N-methyl/N-ethyl adjacent to an activating group) is 1. The zero-order chi connectivity index (χ0) is 20.4. The van der Waals surface area contributed by atoms with Crippen LogP contribution in [0.3, 0.4) is 0 Å². The van der Waals surface area contributed by atoms with Gasteiger partial charge in [-0.05, 0) is 49.5 Å². The van der Waals surface area contributed by atoms with E-state index < -0.39 is 0 Å². The van der Waals surface area contributed by atoms with Gasteiger partial charge >= 0.3 is 0 Å². The van der Waals surface area contributed by atoms with Crippen molar-refractivity contribution in [3.63, 3.8) is 0 Å². The molecular formula is C23H43NO4. The average molecular weight is 398 g/mol. The van der Waals surface area contributed by atoms with Crippen molar-refractivity contribution >= 4 is 0 Å². The Hall–Kier alpha value is -0.200. The van der Waals surface area contributed by atoms with Gasteiger partial charge in [0, 0.05) is 25.9 Å². The van der Waals surface area contributed by atoms with Crippen LogP contribution in [0.1, 0.15) is 73.1 Å². The number of hydrogen-bond donors (Lipinski definition) is 0. The molecule has 0 aromatic carbocycles. The standard InChI is InChI=1S/C23H43NO4/c1-21(2,3)17-22(4,5)18-7-10-23(11-8-18)27-16-19(28-23)9-12-24(6)15-20-25-13-14-26-20/h18-20H,7-17H2,1-6H3. The largest absolute Gasteiger partial charge is 0.349 e. The van der Waals surface area contributed by atoms with E-state index in [-0.39, 0.29) is 18.2 Å². The summed E-state index contributed by atoms with van der Waals surface area (Å²) in [6, 6.07) is 0. The lowest BCUT2D eigenvalue weighted by molar-refractivity contribution is -0.198. The lowest BCUT2D eigenvalue weighted by atomic mass is 9.64. The first kappa shape index (κ1) is 22.5. The van der Waals surface area contributed by atoms with Gasteiger partial charge in [-0.1, -0.05) is 34.6 Å². The van der Waals surface area contributed by atoms with Crippen LogP contribution in [0.15, 0.2) is 0 Å². The molecule has 3 aliphatic rings. The molecule has 0 amide bonds. The van der Waals surface area contributed by atoms with Crippen molar-refractivity contribution in [3.05, 3.63) is 0 Å². The molecule has 0 radical (unpaired) electrons. The van der Waals surface area contributed by atoms with Crippen molar-refractivity contribution < 1.29 is 18.9 Å². The van der Waals surface area contributed by atoms with Gasteiger partial charge in [0.15, 0.2) is 12.1 Å². The van der Waals surface area contributed by atoms with Crippen LogP contribution in [0.25, 0.3) is 0 Å². The summed E-state index contributed by atoms with van der Waals surface area (Å²) in [7, 11) is 2.12. The van der Waals surface area contributed by atoms with Crippen LogP contribution in [0.2, 0.25) is 0 Å². The third-order valence-electron chi connectivity index (χ3n) is 6.74. The van der Waals surface area contributed by atoms with Crippen LogP contribution in [-0.2, 0) is 18.9 Å². The smallest absolute Gasteiger partial charge is 0.170 e. The molecule has 3 rings (SSSR count). The second-order valence-corrected chi connectivity index (χ2v) is 11.2. The van der Waals surface area contributed by atoms with Gasteiger partial charge in [-0.2, -0.15) is 0 Å². The van der Waals surface area contributed by atoms with Crippen LogP contribution in [-0.4, -0.2) is 63.0 Å². The van der Waals surface area contributed by atoms with E-state index in [1.165, 1.54) is 19.3 Å². The topological polar surface area (TPSA) is 40.2 Å². The Morgan fingerprint density at radius 3 is 2.25 bits per heavy atom. The molecule has 1 saturated carbocycles. The number of rotatable bonds is 7. The van der Waals surface area contributed by atoms with Gasteiger partial charge in [-0.15, -0.1) is 0 Å². The van der Waals surface area contributed by atoms with Gasteiger partial charge in [0.25, 0.3) is 0 Å². The first-order valence-electron chi connectivity index (χ1n) is 11.3. The van der Waals surface area contributed by atoms with Crippen molar-refractivity contribution in [1.29, 1.82) is 0 Å². The molecule has 5 nitrogen and oxygen atoms in total. The zero-order valence-electron chi connectivity index (χ0n) is 19.1. The van der Waals surface area contributed by atoms with E-state index in [9.17, 15) is 0 Å². The first-order valence-corrected chi connectivity index (χ1v) is 11.3. The second-order valence-electron chi connectivity index (χ2n) is 11.2. The fourth-order valence-corrected chi connectivity index (χ4v) is 5.59. The summed E-state index contributed by atoms with van der Waals surface area (Å²) < 4.78 is 23.8. The molecule has 2 heterocycles. The molecule has 2 aliphatic heterocycles. The van der Waals surface area contributed by atoms with Crippen LogP contribution in [0.4, 0.5) is 0 Å². The molecule has 0 aromatic heterocycles. The number of ether oxygens (including phenoxy) is 4. The van der Waals surface area contributed by atoms with E-state index >= 15 is 0 Å². The third kappa shape index (κ3) is 6.15. The summed E-state index contributed by atoms with van der Waals surface area (Å²) in [6.07, 6.45) is 6.93. The number of nitrogens with zero attached hydrogens (tertiary/aromatic N) is 1. The lowest BCUT2D eigenvalue weighted by Crippen LogP contribution is -2.40. The SMILES string of the molecule is CN(CCC1COC2(CCC(C(C)(C)CC(C)(C)C)CC2)O1)CC1OCCO1. The van der Waals surface area contributed by atoms with Gasteiger partial charge in [-0.25, -0.2) is 0 Å². The zero-order valence-corrected chi connectivity index (χ0v) is 19.1. The Morgan fingerprint density at radius 1 is 1.00 bits per heavy atom. The van der Waals surface area contributed by atoms with Gasteiger partial charge in [0.1, 0.15) is 0 Å². The Labute approximate surface area is 172 Å². The van der Waals surface area contributed by atoms with Crippen LogP contribution in [0, 0.1) is 16.7 Å². The minimum absolute atomic E-state index is 0.0659. The average Bonchev–Trinajstić information content (AvgIpc) is 3.22. The fraction of sp³-hybridized carbons (Fsp3) is 1.00. The van der Waals surface area contributed by atoms with Crippen molar-refractivity contribution in [2.45, 2.75) is 91.3 Å². The highest BCUT2D eigenvalue weighted by atomic mass is 16.7. The van der Waals surface area contributed by atoms with E-state index in [0.29, 0.717) is 24.0 Å². The molecule has 5 heteroatoms. The van der Waals surface area contributed by atoms with E-state index in [4.69, 9.17) is 18.9 Å². The summed E-state index contributed by atoms with van der Waals surface area (Å²) in [5.74, 6) is 0.455. The molecule has 0 bridgehead atoms. The van der Waals surface area contributed by atoms with Crippen LogP contribution >= 0.6 is 0 Å². The van der Waals surface area contributed by atoms with E-state index in [1.54, 1.807) is 0 Å². The normalized spacial score (nSPS) is 32.7. The highest BCUT2D eigenvalue weighted by molar-refractivity contribution is 4.91. The predicted molar refractivity (Wildman–Crippen MR) is 111 cm³/mol. The molecular weight excluding hydrogens is 354 g/mol. The highest BCUT2D eigenvalue weighted by Gasteiger charge is 2.47. The summed E-state index contributed by atoms with van der Waals surface area (Å²) in [6.45, 7) is 15.9. The van der Waals surface area contributed by atoms with Crippen molar-refractivity contribution in [3.8, 4) is 0 Å². The molecule has 0 N–H and O–H groups in total. The van der Waals surface area contributed by atoms with Crippen molar-refractivity contribution in [2.24, 2.45) is 16.7 Å². The molecule has 28 heavy (non-hydrogen) atoms. The molecule has 1 unspecified atom stereocenters. The highest BCUT2D eigenvalue weighted by Crippen LogP contribution is 2.49. The first-order chi connectivity index (χ1) is 13.1. The maximum atomic E-state index is 6.46. The predicted octanol–water partition coefficient (Wildman–Crippen LogP) is 4.45. The minimum Gasteiger partial charge on any atom is -0.349 e. The third-order valence-corrected chi connectivity index (χ3v) is 6.74. The number of hydrogen-bond acceptors (Lipinski definition) is 5. The molecule has 0 aromatic rings. The molecule has 1 spiro atoms. The van der Waals surface area contributed by atoms with Gasteiger partial charge in [0.05, 0.1) is 25.9 Å². The Kier molecular flexibility index (Phi) is 7.14. The van der Waals surface area contributed by atoms with E-state index in [0.717, 1.165) is 44.9 Å². The molecule has 164 valence electrons. The fourth-order valence-electron chi connectivity index (χ4n) is 5.59. The summed E-state index contributed by atoms with van der Waals surface area (Å²) in [5, 5.41) is 0. The Morgan fingerprint density at radius 2 is 1.64 bits per heavy atom. The summed E-state index contributed by atoms with van der Waals surface area (Å²) in [5.41, 5.74) is 0.760. The van der Waals surface area contributed by atoms with Gasteiger partial charge in [0.2, 0.25) is 0 Å². The van der Waals surface area contributed by atoms with Gasteiger partial charge in [-0.3, -0.25) is 0 Å². The molecule has 2 saturated heterocycles. The second kappa shape index (κ2) is 8.89. The van der Waals surface area contributed by atoms with Gasteiger partial charge < -0.3 is 23.8 Å². The lowest BCUT2D eigenvalue weighted by Gasteiger charge is -2.45. The monoisotopic (exact) mass is 397 g/mol. The molecule has 3 fully saturated rings. The minimum atomic E-state index is -0.310. The molecule has 1 atom stereocenters. The maximum absolute atomic E-state index is 6.46. The van der Waals surface area contributed by atoms with Crippen molar-refractivity contribution in [2.75, 3.05) is 40.0 Å². The van der Waals surface area contributed by atoms with Crippen molar-refractivity contribution in [1.82, 2.24) is 4.90 Å². The van der Waals surface area contributed by atoms with Crippen LogP contribution < -0.4 is 0 Å². The van der Waals surface area contributed by atoms with E-state index in [2.05, 4.69) is 46.6 Å². The Balaban J connectivity index is 1.40. The summed E-state index contributed by atoms with van der Waals surface area (Å²) in [4.78, 5) is 2.27. The molecule has 1 aliphatic carbocycles. The van der Waals surface area contributed by atoms with E-state index in [1.807, 2.05) is 0 Å².